The van der Waals surface area contributed by atoms with Crippen molar-refractivity contribution < 1.29 is 42.1 Å². The number of unbranched alkanes of at least 4 members (excludes halogenated alkanes) is 3. The van der Waals surface area contributed by atoms with Crippen LogP contribution in [0.3, 0.4) is 0 Å². The minimum absolute atomic E-state index is 0.0963. The molecule has 7 rings (SSSR count). The molecule has 2 fully saturated rings. The number of hydrogen-bond donors (Lipinski definition) is 0. The van der Waals surface area contributed by atoms with E-state index in [9.17, 15) is 4.21 Å². The van der Waals surface area contributed by atoms with Gasteiger partial charge in [0.15, 0.2) is 6.29 Å². The van der Waals surface area contributed by atoms with Crippen molar-refractivity contribution in [2.75, 3.05) is 110 Å². The first-order chi connectivity index (χ1) is 44.2. The van der Waals surface area contributed by atoms with E-state index < -0.39 is 9.52 Å². The van der Waals surface area contributed by atoms with E-state index in [-0.39, 0.29) is 6.29 Å². The molecule has 0 radical (unpaired) electrons. The van der Waals surface area contributed by atoms with Gasteiger partial charge in [-0.25, -0.2) is 4.68 Å². The van der Waals surface area contributed by atoms with Crippen LogP contribution in [-0.2, 0) is 80.1 Å². The maximum atomic E-state index is 12.0. The van der Waals surface area contributed by atoms with E-state index >= 15 is 0 Å². The van der Waals surface area contributed by atoms with Crippen LogP contribution in [0.1, 0.15) is 194 Å². The fourth-order valence-corrected chi connectivity index (χ4v) is 11.4. The summed E-state index contributed by atoms with van der Waals surface area (Å²) in [5.74, 6) is 5.17. The van der Waals surface area contributed by atoms with Crippen molar-refractivity contribution in [2.24, 2.45) is 16.2 Å². The Morgan fingerprint density at radius 2 is 1.02 bits per heavy atom. The monoisotopic (exact) mass is 1300 g/mol. The molecule has 0 aliphatic carbocycles. The number of nitrogens with zero attached hydrogens (tertiary/aromatic N) is 10. The minimum atomic E-state index is -1.85. The lowest BCUT2D eigenvalue weighted by atomic mass is 9.89. The lowest BCUT2D eigenvalue weighted by molar-refractivity contribution is -0.169. The van der Waals surface area contributed by atoms with Crippen LogP contribution in [0.2, 0.25) is 0 Å². The van der Waals surface area contributed by atoms with Gasteiger partial charge in [0.05, 0.1) is 30.4 Å². The first kappa shape index (κ1) is 78.2. The molecule has 0 N–H and O–H groups in total. The Morgan fingerprint density at radius 1 is 0.533 bits per heavy atom. The Balaban J connectivity index is 0.000000253. The maximum Gasteiger partial charge on any atom is 0.158 e. The molecule has 520 valence electrons. The smallest absolute Gasteiger partial charge is 0.158 e. The topological polar surface area (TPSA) is 186 Å². The number of aromatic nitrogens is 9. The Morgan fingerprint density at radius 3 is 1.57 bits per heavy atom. The van der Waals surface area contributed by atoms with Gasteiger partial charge in [-0.05, 0) is 165 Å². The molecular formula is C72H122N10O9S. The van der Waals surface area contributed by atoms with Crippen LogP contribution in [0.5, 0.6) is 0 Å². The number of aryl methyl sites for hydroxylation is 4. The summed E-state index contributed by atoms with van der Waals surface area (Å²) in [4.78, 5) is 2.27. The lowest BCUT2D eigenvalue weighted by Crippen LogP contribution is -2.39. The molecule has 2 saturated heterocycles. The molecular weight excluding hydrogens is 1180 g/mol. The third-order valence-electron chi connectivity index (χ3n) is 15.7. The van der Waals surface area contributed by atoms with Crippen LogP contribution >= 0.6 is 0 Å². The molecule has 0 amide bonds. The van der Waals surface area contributed by atoms with E-state index in [2.05, 4.69) is 159 Å². The fraction of sp³-hybridized carbons (Fsp3) is 0.736. The Bertz CT molecular complexity index is 2730. The van der Waals surface area contributed by atoms with Gasteiger partial charge in [-0.1, -0.05) is 126 Å². The summed E-state index contributed by atoms with van der Waals surface area (Å²) in [6.07, 6.45) is 25.3. The van der Waals surface area contributed by atoms with Crippen LogP contribution in [0.25, 0.3) is 16.9 Å². The molecule has 1 atom stereocenters. The first-order valence-corrected chi connectivity index (χ1v) is 36.8. The van der Waals surface area contributed by atoms with Crippen molar-refractivity contribution in [3.63, 3.8) is 0 Å². The summed E-state index contributed by atoms with van der Waals surface area (Å²) in [5.41, 5.74) is 8.63. The second-order valence-corrected chi connectivity index (χ2v) is 31.3. The van der Waals surface area contributed by atoms with Gasteiger partial charge in [0.25, 0.3) is 0 Å². The van der Waals surface area contributed by atoms with Gasteiger partial charge in [0.2, 0.25) is 0 Å². The summed E-state index contributed by atoms with van der Waals surface area (Å²) < 4.78 is 63.0. The van der Waals surface area contributed by atoms with Crippen molar-refractivity contribution in [1.29, 1.82) is 0 Å². The fourth-order valence-electron chi connectivity index (χ4n) is 10.00. The molecule has 0 saturated carbocycles. The highest BCUT2D eigenvalue weighted by molar-refractivity contribution is 8.00. The van der Waals surface area contributed by atoms with Crippen LogP contribution in [-0.4, -0.2) is 177 Å². The highest BCUT2D eigenvalue weighted by Crippen LogP contribution is 2.24. The lowest BCUT2D eigenvalue weighted by Gasteiger charge is -2.27. The van der Waals surface area contributed by atoms with Gasteiger partial charge in [-0.15, -0.1) is 15.3 Å². The Hall–Kier alpha value is -4.48. The zero-order chi connectivity index (χ0) is 66.2. The largest absolute Gasteiger partial charge is 0.381 e. The van der Waals surface area contributed by atoms with E-state index in [0.717, 1.165) is 217 Å². The summed E-state index contributed by atoms with van der Waals surface area (Å²) in [5, 5.41) is 25.4. The molecule has 0 spiro atoms. The van der Waals surface area contributed by atoms with Crippen LogP contribution in [0, 0.1) is 23.2 Å². The van der Waals surface area contributed by atoms with E-state index in [1.807, 2.05) is 28.0 Å². The Kier molecular flexibility index (Phi) is 37.7. The van der Waals surface area contributed by atoms with Crippen molar-refractivity contribution in [3.8, 4) is 16.9 Å². The van der Waals surface area contributed by atoms with Gasteiger partial charge < -0.3 is 37.9 Å². The molecule has 20 heteroatoms. The molecule has 5 heterocycles. The van der Waals surface area contributed by atoms with E-state index in [1.54, 1.807) is 4.68 Å². The zero-order valence-electron chi connectivity index (χ0n) is 58.8. The molecule has 0 bridgehead atoms. The minimum Gasteiger partial charge on any atom is -0.381 e. The number of rotatable bonds is 42. The number of benzene rings is 2. The SMILES string of the molecule is C=S1(=O)CCN(Cc2cn(CCCOCCCOCCCOCCCC(C)(C)C)nn2)CC1.CC(C)(C)CCc1ccc(-n2cc(COC3CCCCO3)nn2)cc1.Cc1ccc(-c2cn(CCCOCCCCOCCCCOCCCCC(C)(C)C)nn2)cc1. The second-order valence-electron chi connectivity index (χ2n) is 28.5. The quantitative estimate of drug-likeness (QED) is 0.0265. The predicted octanol–water partition coefficient (Wildman–Crippen LogP) is 13.6. The summed E-state index contributed by atoms with van der Waals surface area (Å²) >= 11 is 0. The molecule has 2 aromatic carbocycles. The van der Waals surface area contributed by atoms with Crippen molar-refractivity contribution in [2.45, 2.75) is 217 Å². The average molecular weight is 1300 g/mol. The second kappa shape index (κ2) is 44.3. The van der Waals surface area contributed by atoms with Gasteiger partial charge >= 0.3 is 0 Å². The van der Waals surface area contributed by atoms with Gasteiger partial charge in [0, 0.05) is 142 Å². The normalized spacial score (nSPS) is 15.5. The van der Waals surface area contributed by atoms with Crippen LogP contribution in [0.4, 0.5) is 0 Å². The van der Waals surface area contributed by atoms with Crippen molar-refractivity contribution in [1.82, 2.24) is 49.9 Å². The Labute approximate surface area is 555 Å². The predicted molar refractivity (Wildman–Crippen MR) is 372 cm³/mol. The molecule has 2 aliphatic heterocycles. The third kappa shape index (κ3) is 38.2. The van der Waals surface area contributed by atoms with Crippen molar-refractivity contribution in [3.05, 3.63) is 89.6 Å². The molecule has 19 nitrogen and oxygen atoms in total. The summed E-state index contributed by atoms with van der Waals surface area (Å²) in [6.45, 7) is 37.3. The number of ether oxygens (including phenoxy) is 8. The van der Waals surface area contributed by atoms with Gasteiger partial charge in [0.1, 0.15) is 11.4 Å². The first-order valence-electron chi connectivity index (χ1n) is 34.8. The van der Waals surface area contributed by atoms with E-state index in [4.69, 9.17) is 37.9 Å². The molecule has 92 heavy (non-hydrogen) atoms. The van der Waals surface area contributed by atoms with Crippen LogP contribution < -0.4 is 0 Å². The highest BCUT2D eigenvalue weighted by Gasteiger charge is 2.20. The van der Waals surface area contributed by atoms with E-state index in [0.29, 0.717) is 41.0 Å². The summed E-state index contributed by atoms with van der Waals surface area (Å²) in [7, 11) is -1.85. The third-order valence-corrected chi connectivity index (χ3v) is 17.6. The van der Waals surface area contributed by atoms with Crippen LogP contribution in [0.15, 0.2) is 67.1 Å². The standard InChI is InChI=1S/C28H47N3O3.C24H46N4O4S.C20H29N3O2/c1-25-12-14-26(15-13-25)27-24-31(30-29-27)17-11-23-34-22-10-9-21-33-20-8-7-19-32-18-6-5-16-28(2,3)4;1-24(2,3)9-5-13-30-15-7-17-32-18-8-16-31-14-6-10-28-22-23(25-26-28)21-27-11-19-33(4,29)20-12-27;1-20(2,3)12-11-16-7-9-18(10-8-16)23-14-17(21-22-23)15-25-19-6-4-5-13-24-19/h12-15,24H,5-11,16-23H2,1-4H3;22H,4-21H2,1-3H3;7-10,14,19H,4-6,11-13,15H2,1-3H3. The molecule has 5 aromatic rings. The van der Waals surface area contributed by atoms with Gasteiger partial charge in [-0.2, -0.15) is 0 Å². The highest BCUT2D eigenvalue weighted by atomic mass is 32.2. The number of hydrogen-bond acceptors (Lipinski definition) is 16. The molecule has 1 unspecified atom stereocenters. The molecule has 2 aliphatic rings. The zero-order valence-corrected chi connectivity index (χ0v) is 59.6. The summed E-state index contributed by atoms with van der Waals surface area (Å²) in [6, 6.07) is 16.9. The van der Waals surface area contributed by atoms with E-state index in [1.165, 1.54) is 49.7 Å². The average Bonchev–Trinajstić information content (AvgIpc) is 3.76. The van der Waals surface area contributed by atoms with Gasteiger partial charge in [-0.3, -0.25) is 18.5 Å². The molecule has 3 aromatic heterocycles. The van der Waals surface area contributed by atoms with Crippen molar-refractivity contribution >= 4 is 15.4 Å². The maximum absolute atomic E-state index is 12.0.